The van der Waals surface area contributed by atoms with Crippen LogP contribution in [0.1, 0.15) is 65.5 Å². The Balaban J connectivity index is 1.57. The zero-order valence-corrected chi connectivity index (χ0v) is 22.7. The van der Waals surface area contributed by atoms with E-state index >= 15 is 4.39 Å². The third-order valence-corrected chi connectivity index (χ3v) is 7.57. The van der Waals surface area contributed by atoms with Crippen LogP contribution in [0.3, 0.4) is 0 Å². The van der Waals surface area contributed by atoms with Gasteiger partial charge in [0.25, 0.3) is 0 Å². The predicted molar refractivity (Wildman–Crippen MR) is 147 cm³/mol. The van der Waals surface area contributed by atoms with Crippen molar-refractivity contribution in [1.29, 1.82) is 5.26 Å². The van der Waals surface area contributed by atoms with Gasteiger partial charge < -0.3 is 19.7 Å². The molecule has 1 amide bonds. The van der Waals surface area contributed by atoms with Gasteiger partial charge in [-0.15, -0.1) is 0 Å². The fourth-order valence-corrected chi connectivity index (χ4v) is 5.53. The largest absolute Gasteiger partial charge is 0.478 e. The first-order valence-corrected chi connectivity index (χ1v) is 13.6. The molecule has 43 heavy (non-hydrogen) atoms. The van der Waals surface area contributed by atoms with Crippen molar-refractivity contribution in [3.8, 4) is 6.07 Å². The molecule has 8 nitrogen and oxygen atoms in total. The number of carbonyl (C=O) groups excluding carboxylic acids is 1. The first kappa shape index (κ1) is 29.7. The number of amides is 1. The molecule has 4 aromatic rings. The molecule has 0 spiro atoms. The third-order valence-electron chi connectivity index (χ3n) is 7.57. The lowest BCUT2D eigenvalue weighted by atomic mass is 9.83. The minimum absolute atomic E-state index is 0.0547. The van der Waals surface area contributed by atoms with Crippen molar-refractivity contribution in [3.63, 3.8) is 0 Å². The van der Waals surface area contributed by atoms with Gasteiger partial charge in [0.1, 0.15) is 36.2 Å². The van der Waals surface area contributed by atoms with Crippen molar-refractivity contribution in [2.75, 3.05) is 5.32 Å². The third kappa shape index (κ3) is 6.36. The van der Waals surface area contributed by atoms with Crippen LogP contribution in [0.5, 0.6) is 0 Å². The molecule has 1 saturated carbocycles. The monoisotopic (exact) mass is 594 g/mol. The lowest BCUT2D eigenvalue weighted by Crippen LogP contribution is -2.34. The average molecular weight is 595 g/mol. The summed E-state index contributed by atoms with van der Waals surface area (Å²) < 4.78 is 64.4. The zero-order chi connectivity index (χ0) is 30.7. The second kappa shape index (κ2) is 12.6. The molecule has 0 aliphatic heterocycles. The van der Waals surface area contributed by atoms with Gasteiger partial charge in [0.15, 0.2) is 11.6 Å². The Labute approximate surface area is 243 Å². The highest BCUT2D eigenvalue weighted by molar-refractivity contribution is 5.97. The highest BCUT2D eigenvalue weighted by Crippen LogP contribution is 2.38. The molecule has 5 rings (SSSR count). The van der Waals surface area contributed by atoms with E-state index in [4.69, 9.17) is 4.74 Å². The number of anilines is 1. The standard InChI is InChI=1S/C31H26F4N4O4/c32-21-8-6-17(7-9-21)15-43-16-27-37-25-12-22(33)23(34)13-26(25)39(27)29(18-4-2-1-3-5-18)30(40)38-28-20(14-36)10-19(31(41)42)11-24(28)35/h6-13,18,29H,1-5,15-16H2,(H,38,40)(H,41,42). The van der Waals surface area contributed by atoms with Crippen molar-refractivity contribution in [2.24, 2.45) is 5.92 Å². The number of nitrogens with one attached hydrogen (secondary N) is 1. The van der Waals surface area contributed by atoms with E-state index in [0.29, 0.717) is 24.5 Å². The average Bonchev–Trinajstić information content (AvgIpc) is 3.32. The molecule has 1 aliphatic rings. The molecule has 3 aromatic carbocycles. The van der Waals surface area contributed by atoms with Crippen LogP contribution in [-0.2, 0) is 22.7 Å². The van der Waals surface area contributed by atoms with E-state index < -0.39 is 52.4 Å². The molecule has 12 heteroatoms. The Morgan fingerprint density at radius 2 is 1.70 bits per heavy atom. The molecule has 2 N–H and O–H groups in total. The molecule has 1 atom stereocenters. The molecule has 1 unspecified atom stereocenters. The van der Waals surface area contributed by atoms with E-state index in [1.54, 1.807) is 6.07 Å². The van der Waals surface area contributed by atoms with Crippen LogP contribution in [0.4, 0.5) is 23.2 Å². The SMILES string of the molecule is N#Cc1cc(C(=O)O)cc(F)c1NC(=O)C(C1CCCCC1)n1c(COCc2ccc(F)cc2)nc2cc(F)c(F)cc21. The van der Waals surface area contributed by atoms with Crippen molar-refractivity contribution in [2.45, 2.75) is 51.4 Å². The van der Waals surface area contributed by atoms with Gasteiger partial charge in [-0.2, -0.15) is 5.26 Å². The number of imidazole rings is 1. The van der Waals surface area contributed by atoms with E-state index in [2.05, 4.69) is 10.3 Å². The zero-order valence-electron chi connectivity index (χ0n) is 22.7. The van der Waals surface area contributed by atoms with Crippen molar-refractivity contribution >= 4 is 28.6 Å². The first-order chi connectivity index (χ1) is 20.7. The number of ether oxygens (including phenoxy) is 1. The van der Waals surface area contributed by atoms with Gasteiger partial charge in [-0.1, -0.05) is 31.4 Å². The van der Waals surface area contributed by atoms with Crippen LogP contribution in [-0.4, -0.2) is 26.5 Å². The predicted octanol–water partition coefficient (Wildman–Crippen LogP) is 6.64. The van der Waals surface area contributed by atoms with Crippen LogP contribution in [0.2, 0.25) is 0 Å². The summed E-state index contributed by atoms with van der Waals surface area (Å²) in [5.74, 6) is -6.14. The first-order valence-electron chi connectivity index (χ1n) is 13.6. The van der Waals surface area contributed by atoms with Crippen molar-refractivity contribution < 1.29 is 37.0 Å². The van der Waals surface area contributed by atoms with Gasteiger partial charge in [-0.05, 0) is 48.6 Å². The number of hydrogen-bond donors (Lipinski definition) is 2. The topological polar surface area (TPSA) is 117 Å². The van der Waals surface area contributed by atoms with Gasteiger partial charge in [0, 0.05) is 12.1 Å². The van der Waals surface area contributed by atoms with Crippen molar-refractivity contribution in [3.05, 3.63) is 94.3 Å². The summed E-state index contributed by atoms with van der Waals surface area (Å²) in [5.41, 5.74) is -0.495. The van der Waals surface area contributed by atoms with Crippen LogP contribution in [0.15, 0.2) is 48.5 Å². The summed E-state index contributed by atoms with van der Waals surface area (Å²) in [5, 5.41) is 21.3. The summed E-state index contributed by atoms with van der Waals surface area (Å²) in [6.07, 6.45) is 3.73. The summed E-state index contributed by atoms with van der Waals surface area (Å²) in [7, 11) is 0. The molecule has 1 heterocycles. The number of fused-ring (bicyclic) bond motifs is 1. The number of hydrogen-bond acceptors (Lipinski definition) is 5. The molecule has 1 aliphatic carbocycles. The van der Waals surface area contributed by atoms with Crippen LogP contribution in [0, 0.1) is 40.5 Å². The highest BCUT2D eigenvalue weighted by Gasteiger charge is 2.35. The number of nitriles is 1. The van der Waals surface area contributed by atoms with Gasteiger partial charge in [-0.25, -0.2) is 27.3 Å². The van der Waals surface area contributed by atoms with Gasteiger partial charge in [0.05, 0.1) is 34.5 Å². The summed E-state index contributed by atoms with van der Waals surface area (Å²) >= 11 is 0. The van der Waals surface area contributed by atoms with Crippen LogP contribution < -0.4 is 5.32 Å². The molecular formula is C31H26F4N4O4. The molecule has 222 valence electrons. The van der Waals surface area contributed by atoms with E-state index in [1.807, 2.05) is 0 Å². The fraction of sp³-hybridized carbons (Fsp3) is 0.290. The minimum Gasteiger partial charge on any atom is -0.478 e. The molecule has 0 radical (unpaired) electrons. The number of aromatic carboxylic acids is 1. The minimum atomic E-state index is -1.45. The van der Waals surface area contributed by atoms with Crippen LogP contribution >= 0.6 is 0 Å². The maximum absolute atomic E-state index is 15.1. The van der Waals surface area contributed by atoms with Gasteiger partial charge in [-0.3, -0.25) is 4.79 Å². The second-order valence-electron chi connectivity index (χ2n) is 10.4. The quantitative estimate of drug-likeness (QED) is 0.210. The lowest BCUT2D eigenvalue weighted by Gasteiger charge is -2.32. The number of carbonyl (C=O) groups is 2. The summed E-state index contributed by atoms with van der Waals surface area (Å²) in [6.45, 7) is -0.129. The highest BCUT2D eigenvalue weighted by atomic mass is 19.2. The number of carboxylic acid groups (broad SMARTS) is 1. The van der Waals surface area contributed by atoms with E-state index in [-0.39, 0.29) is 41.6 Å². The maximum Gasteiger partial charge on any atom is 0.335 e. The second-order valence-corrected chi connectivity index (χ2v) is 10.4. The fourth-order valence-electron chi connectivity index (χ4n) is 5.53. The lowest BCUT2D eigenvalue weighted by molar-refractivity contribution is -0.121. The number of benzene rings is 3. The molecule has 0 bridgehead atoms. The summed E-state index contributed by atoms with van der Waals surface area (Å²) in [4.78, 5) is 29.8. The van der Waals surface area contributed by atoms with E-state index in [1.165, 1.54) is 28.8 Å². The van der Waals surface area contributed by atoms with E-state index in [9.17, 15) is 33.1 Å². The van der Waals surface area contributed by atoms with E-state index in [0.717, 1.165) is 37.5 Å². The van der Waals surface area contributed by atoms with Gasteiger partial charge in [0.2, 0.25) is 5.91 Å². The smallest absolute Gasteiger partial charge is 0.335 e. The molecular weight excluding hydrogens is 568 g/mol. The number of halogens is 4. The Kier molecular flexibility index (Phi) is 8.73. The number of aromatic nitrogens is 2. The van der Waals surface area contributed by atoms with Crippen LogP contribution in [0.25, 0.3) is 11.0 Å². The Bertz CT molecular complexity index is 1730. The van der Waals surface area contributed by atoms with Crippen molar-refractivity contribution in [1.82, 2.24) is 9.55 Å². The molecule has 1 fully saturated rings. The maximum atomic E-state index is 15.1. The van der Waals surface area contributed by atoms with Gasteiger partial charge >= 0.3 is 5.97 Å². The number of rotatable bonds is 9. The number of nitrogens with zero attached hydrogens (tertiary/aromatic N) is 3. The Hall–Kier alpha value is -4.76. The summed E-state index contributed by atoms with van der Waals surface area (Å²) in [6, 6.07) is 9.77. The normalized spacial score (nSPS) is 14.4. The molecule has 1 aromatic heterocycles. The molecule has 0 saturated heterocycles. The number of carboxylic acids is 1. The Morgan fingerprint density at radius 1 is 1.00 bits per heavy atom. The Morgan fingerprint density at radius 3 is 2.37 bits per heavy atom.